The van der Waals surface area contributed by atoms with E-state index in [0.717, 1.165) is 9.20 Å². The van der Waals surface area contributed by atoms with Gasteiger partial charge in [0.25, 0.3) is 0 Å². The predicted octanol–water partition coefficient (Wildman–Crippen LogP) is 3.21. The Hall–Kier alpha value is -2.10. The molecule has 0 heterocycles. The summed E-state index contributed by atoms with van der Waals surface area (Å²) < 4.78 is 44.4. The molecule has 2 aromatic carbocycles. The van der Waals surface area contributed by atoms with Gasteiger partial charge in [-0.25, -0.2) is 17.1 Å². The highest BCUT2D eigenvalue weighted by Crippen LogP contribution is 2.29. The van der Waals surface area contributed by atoms with Gasteiger partial charge in [-0.1, -0.05) is 0 Å². The Labute approximate surface area is 162 Å². The van der Waals surface area contributed by atoms with Crippen molar-refractivity contribution < 1.29 is 22.3 Å². The fraction of sp³-hybridized carbons (Fsp3) is 0.278. The Balaban J connectivity index is 2.13. The molecule has 0 unspecified atom stereocenters. The lowest BCUT2D eigenvalue weighted by Gasteiger charge is -2.16. The average Bonchev–Trinajstić information content (AvgIpc) is 2.62. The molecule has 2 rings (SSSR count). The summed E-state index contributed by atoms with van der Waals surface area (Å²) in [7, 11) is -0.879. The van der Waals surface area contributed by atoms with E-state index in [1.165, 1.54) is 50.1 Å². The van der Waals surface area contributed by atoms with Crippen LogP contribution >= 0.6 is 11.8 Å². The topological polar surface area (TPSA) is 75.7 Å². The van der Waals surface area contributed by atoms with Crippen molar-refractivity contribution in [2.24, 2.45) is 0 Å². The van der Waals surface area contributed by atoms with E-state index in [1.807, 2.05) is 0 Å². The normalized spacial score (nSPS) is 11.4. The standard InChI is InChI=1S/C18H21FN2O4S2/c1-4-25-16-10-7-14(11-17(16)27(23,24)21(2)3)20-18(22)12-26-15-8-5-13(19)6-9-15/h5-11H,4,12H2,1-3H3,(H,20,22). The Morgan fingerprint density at radius 1 is 1.19 bits per heavy atom. The van der Waals surface area contributed by atoms with Gasteiger partial charge in [0, 0.05) is 24.7 Å². The van der Waals surface area contributed by atoms with E-state index in [1.54, 1.807) is 25.1 Å². The van der Waals surface area contributed by atoms with Gasteiger partial charge < -0.3 is 10.1 Å². The first kappa shape index (κ1) is 21.2. The lowest BCUT2D eigenvalue weighted by Crippen LogP contribution is -2.23. The van der Waals surface area contributed by atoms with E-state index in [2.05, 4.69) is 5.32 Å². The number of hydrogen-bond acceptors (Lipinski definition) is 5. The summed E-state index contributed by atoms with van der Waals surface area (Å²) >= 11 is 1.25. The Bertz CT molecular complexity index is 900. The molecular weight excluding hydrogens is 391 g/mol. The first-order valence-corrected chi connectivity index (χ1v) is 10.5. The smallest absolute Gasteiger partial charge is 0.246 e. The number of sulfonamides is 1. The van der Waals surface area contributed by atoms with Gasteiger partial charge in [0.05, 0.1) is 12.4 Å². The molecule has 0 aliphatic heterocycles. The van der Waals surface area contributed by atoms with Crippen molar-refractivity contribution >= 4 is 33.4 Å². The van der Waals surface area contributed by atoms with Crippen molar-refractivity contribution in [1.82, 2.24) is 4.31 Å². The van der Waals surface area contributed by atoms with Crippen molar-refractivity contribution in [3.63, 3.8) is 0 Å². The van der Waals surface area contributed by atoms with Gasteiger partial charge in [0.15, 0.2) is 0 Å². The van der Waals surface area contributed by atoms with Gasteiger partial charge in [-0.15, -0.1) is 11.8 Å². The third-order valence-electron chi connectivity index (χ3n) is 3.47. The van der Waals surface area contributed by atoms with Crippen LogP contribution in [0.15, 0.2) is 52.3 Å². The van der Waals surface area contributed by atoms with Crippen LogP contribution < -0.4 is 10.1 Å². The second-order valence-corrected chi connectivity index (χ2v) is 8.84. The van der Waals surface area contributed by atoms with E-state index in [0.29, 0.717) is 12.3 Å². The van der Waals surface area contributed by atoms with E-state index >= 15 is 0 Å². The molecule has 6 nitrogen and oxygen atoms in total. The predicted molar refractivity (Wildman–Crippen MR) is 104 cm³/mol. The summed E-state index contributed by atoms with van der Waals surface area (Å²) in [6.45, 7) is 2.07. The highest BCUT2D eigenvalue weighted by molar-refractivity contribution is 8.00. The zero-order chi connectivity index (χ0) is 20.0. The molecule has 0 saturated carbocycles. The van der Waals surface area contributed by atoms with Gasteiger partial charge in [0.1, 0.15) is 16.5 Å². The van der Waals surface area contributed by atoms with Crippen molar-refractivity contribution in [2.45, 2.75) is 16.7 Å². The van der Waals surface area contributed by atoms with E-state index in [-0.39, 0.29) is 28.1 Å². The van der Waals surface area contributed by atoms with Crippen LogP contribution in [0.25, 0.3) is 0 Å². The van der Waals surface area contributed by atoms with Crippen LogP contribution in [-0.2, 0) is 14.8 Å². The fourth-order valence-corrected chi connectivity index (χ4v) is 3.88. The van der Waals surface area contributed by atoms with E-state index in [9.17, 15) is 17.6 Å². The van der Waals surface area contributed by atoms with Crippen LogP contribution in [0.5, 0.6) is 5.75 Å². The minimum atomic E-state index is -3.73. The van der Waals surface area contributed by atoms with Crippen LogP contribution in [-0.4, -0.2) is 45.1 Å². The molecule has 1 N–H and O–H groups in total. The number of benzene rings is 2. The third kappa shape index (κ3) is 5.69. The second-order valence-electron chi connectivity index (χ2n) is 5.67. The quantitative estimate of drug-likeness (QED) is 0.674. The summed E-state index contributed by atoms with van der Waals surface area (Å²) in [6, 6.07) is 10.3. The Kier molecular flexibility index (Phi) is 7.23. The minimum absolute atomic E-state index is 0.0154. The molecule has 1 amide bonds. The van der Waals surface area contributed by atoms with E-state index < -0.39 is 10.0 Å². The van der Waals surface area contributed by atoms with Crippen molar-refractivity contribution in [2.75, 3.05) is 31.8 Å². The summed E-state index contributed by atoms with van der Waals surface area (Å²) in [4.78, 5) is 12.9. The monoisotopic (exact) mass is 412 g/mol. The molecule has 0 fully saturated rings. The highest BCUT2D eigenvalue weighted by atomic mass is 32.2. The molecule has 0 bridgehead atoms. The molecule has 0 aliphatic rings. The fourth-order valence-electron chi connectivity index (χ4n) is 2.14. The number of carbonyl (C=O) groups excluding carboxylic acids is 1. The molecule has 0 atom stereocenters. The molecule has 0 aliphatic carbocycles. The largest absolute Gasteiger partial charge is 0.492 e. The number of nitrogens with zero attached hydrogens (tertiary/aromatic N) is 1. The number of amides is 1. The number of anilines is 1. The van der Waals surface area contributed by atoms with Crippen LogP contribution in [0.4, 0.5) is 10.1 Å². The number of halogens is 1. The van der Waals surface area contributed by atoms with Crippen LogP contribution in [0.1, 0.15) is 6.92 Å². The summed E-state index contributed by atoms with van der Waals surface area (Å²) in [5, 5.41) is 2.67. The molecule has 0 aromatic heterocycles. The summed E-state index contributed by atoms with van der Waals surface area (Å²) in [5.74, 6) is -0.311. The van der Waals surface area contributed by atoms with Crippen LogP contribution in [0.3, 0.4) is 0 Å². The maximum Gasteiger partial charge on any atom is 0.246 e. The first-order valence-electron chi connectivity index (χ1n) is 8.11. The third-order valence-corrected chi connectivity index (χ3v) is 6.32. The number of thioether (sulfide) groups is 1. The molecule has 2 aromatic rings. The maximum atomic E-state index is 12.9. The molecule has 0 spiro atoms. The number of nitrogens with one attached hydrogen (secondary N) is 1. The van der Waals surface area contributed by atoms with Gasteiger partial charge in [0.2, 0.25) is 15.9 Å². The summed E-state index contributed by atoms with van der Waals surface area (Å²) in [5.41, 5.74) is 0.351. The van der Waals surface area contributed by atoms with Crippen molar-refractivity contribution in [3.8, 4) is 5.75 Å². The zero-order valence-corrected chi connectivity index (χ0v) is 16.9. The number of rotatable bonds is 8. The number of ether oxygens (including phenoxy) is 1. The minimum Gasteiger partial charge on any atom is -0.492 e. The van der Waals surface area contributed by atoms with Gasteiger partial charge in [-0.2, -0.15) is 0 Å². The van der Waals surface area contributed by atoms with Gasteiger partial charge >= 0.3 is 0 Å². The molecule has 27 heavy (non-hydrogen) atoms. The second kappa shape index (κ2) is 9.20. The van der Waals surface area contributed by atoms with Crippen molar-refractivity contribution in [1.29, 1.82) is 0 Å². The molecular formula is C18H21FN2O4S2. The van der Waals surface area contributed by atoms with Crippen LogP contribution in [0, 0.1) is 5.82 Å². The molecule has 0 saturated heterocycles. The van der Waals surface area contributed by atoms with Gasteiger partial charge in [-0.05, 0) is 49.4 Å². The van der Waals surface area contributed by atoms with Crippen LogP contribution in [0.2, 0.25) is 0 Å². The molecule has 9 heteroatoms. The lowest BCUT2D eigenvalue weighted by molar-refractivity contribution is -0.113. The molecule has 146 valence electrons. The maximum absolute atomic E-state index is 12.9. The Morgan fingerprint density at radius 3 is 2.44 bits per heavy atom. The lowest BCUT2D eigenvalue weighted by atomic mass is 10.3. The zero-order valence-electron chi connectivity index (χ0n) is 15.2. The van der Waals surface area contributed by atoms with Crippen molar-refractivity contribution in [3.05, 3.63) is 48.3 Å². The molecule has 0 radical (unpaired) electrons. The average molecular weight is 413 g/mol. The highest BCUT2D eigenvalue weighted by Gasteiger charge is 2.23. The number of carbonyl (C=O) groups is 1. The van der Waals surface area contributed by atoms with E-state index in [4.69, 9.17) is 4.74 Å². The SMILES string of the molecule is CCOc1ccc(NC(=O)CSc2ccc(F)cc2)cc1S(=O)(=O)N(C)C. The summed E-state index contributed by atoms with van der Waals surface area (Å²) in [6.07, 6.45) is 0. The first-order chi connectivity index (χ1) is 12.7. The Morgan fingerprint density at radius 2 is 1.85 bits per heavy atom. The van der Waals surface area contributed by atoms with Gasteiger partial charge in [-0.3, -0.25) is 4.79 Å². The number of hydrogen-bond donors (Lipinski definition) is 1.